The zero-order valence-corrected chi connectivity index (χ0v) is 18.6. The number of hydrogen-bond donors (Lipinski definition) is 0. The molecule has 0 radical (unpaired) electrons. The van der Waals surface area contributed by atoms with Crippen molar-refractivity contribution in [1.29, 1.82) is 0 Å². The number of aryl methyl sites for hydroxylation is 3. The highest BCUT2D eigenvalue weighted by Crippen LogP contribution is 2.23. The average molecular weight is 377 g/mol. The van der Waals surface area contributed by atoms with Gasteiger partial charge in [-0.3, -0.25) is 0 Å². The van der Waals surface area contributed by atoms with Crippen molar-refractivity contribution in [3.63, 3.8) is 0 Å². The van der Waals surface area contributed by atoms with E-state index in [1.54, 1.807) is 0 Å². The Morgan fingerprint density at radius 2 is 1.68 bits per heavy atom. The third-order valence-corrected chi connectivity index (χ3v) is 4.75. The lowest BCUT2D eigenvalue weighted by atomic mass is 10.1. The maximum Gasteiger partial charge on any atom is 0.131 e. The first kappa shape index (κ1) is 23.5. The maximum atomic E-state index is 5.27. The van der Waals surface area contributed by atoms with Crippen LogP contribution in [-0.4, -0.2) is 18.1 Å². The van der Waals surface area contributed by atoms with Crippen molar-refractivity contribution in [1.82, 2.24) is 4.98 Å². The van der Waals surface area contributed by atoms with Crippen molar-refractivity contribution in [3.8, 4) is 12.3 Å². The number of allylic oxidation sites excluding steroid dienone is 1. The summed E-state index contributed by atoms with van der Waals surface area (Å²) in [6, 6.07) is 8.33. The smallest absolute Gasteiger partial charge is 0.131 e. The van der Waals surface area contributed by atoms with Crippen LogP contribution in [0, 0.1) is 33.1 Å². The van der Waals surface area contributed by atoms with E-state index in [-0.39, 0.29) is 0 Å². The highest BCUT2D eigenvalue weighted by atomic mass is 15.2. The monoisotopic (exact) mass is 376 g/mol. The van der Waals surface area contributed by atoms with Crippen molar-refractivity contribution < 1.29 is 0 Å². The molecule has 3 rings (SSSR count). The van der Waals surface area contributed by atoms with Crippen LogP contribution in [0.5, 0.6) is 0 Å². The fraction of sp³-hybridized carbons (Fsp3) is 0.423. The number of benzene rings is 1. The molecule has 1 aliphatic heterocycles. The van der Waals surface area contributed by atoms with Crippen molar-refractivity contribution in [2.75, 3.05) is 18.0 Å². The van der Waals surface area contributed by atoms with Crippen LogP contribution < -0.4 is 4.90 Å². The predicted molar refractivity (Wildman–Crippen MR) is 125 cm³/mol. The SMILES string of the molecule is C#Cc1cc(C)ccc1C.C=C(C)c1cnc(N2CCCCC2)c(C)c1.CC. The van der Waals surface area contributed by atoms with E-state index in [4.69, 9.17) is 6.42 Å². The van der Waals surface area contributed by atoms with Gasteiger partial charge in [0.25, 0.3) is 0 Å². The number of piperidine rings is 1. The number of aromatic nitrogens is 1. The van der Waals surface area contributed by atoms with Crippen molar-refractivity contribution in [3.05, 3.63) is 64.9 Å². The van der Waals surface area contributed by atoms with Gasteiger partial charge in [-0.2, -0.15) is 0 Å². The van der Waals surface area contributed by atoms with E-state index in [0.29, 0.717) is 0 Å². The minimum absolute atomic E-state index is 1.00. The van der Waals surface area contributed by atoms with Gasteiger partial charge in [-0.15, -0.1) is 6.42 Å². The summed E-state index contributed by atoms with van der Waals surface area (Å²) in [4.78, 5) is 6.99. The Labute approximate surface area is 172 Å². The summed E-state index contributed by atoms with van der Waals surface area (Å²) >= 11 is 0. The summed E-state index contributed by atoms with van der Waals surface area (Å²) in [5.41, 5.74) is 6.90. The summed E-state index contributed by atoms with van der Waals surface area (Å²) in [6.07, 6.45) is 11.2. The lowest BCUT2D eigenvalue weighted by Gasteiger charge is -2.29. The minimum Gasteiger partial charge on any atom is -0.356 e. The molecule has 2 heterocycles. The number of pyridine rings is 1. The normalized spacial score (nSPS) is 12.7. The minimum atomic E-state index is 1.00. The van der Waals surface area contributed by atoms with Crippen LogP contribution >= 0.6 is 0 Å². The van der Waals surface area contributed by atoms with Crippen LogP contribution in [-0.2, 0) is 0 Å². The number of anilines is 1. The predicted octanol–water partition coefficient (Wildman–Crippen LogP) is 6.72. The Balaban J connectivity index is 0.000000281. The Morgan fingerprint density at radius 1 is 1.04 bits per heavy atom. The topological polar surface area (TPSA) is 16.1 Å². The van der Waals surface area contributed by atoms with Crippen LogP contribution in [0.2, 0.25) is 0 Å². The highest BCUT2D eigenvalue weighted by molar-refractivity contribution is 5.63. The molecule has 2 aromatic rings. The van der Waals surface area contributed by atoms with E-state index in [9.17, 15) is 0 Å². The summed E-state index contributed by atoms with van der Waals surface area (Å²) < 4.78 is 0. The lowest BCUT2D eigenvalue weighted by Crippen LogP contribution is -2.30. The molecule has 1 aromatic heterocycles. The van der Waals surface area contributed by atoms with Crippen LogP contribution in [0.15, 0.2) is 37.0 Å². The lowest BCUT2D eigenvalue weighted by molar-refractivity contribution is 0.572. The van der Waals surface area contributed by atoms with Crippen LogP contribution in [0.3, 0.4) is 0 Å². The van der Waals surface area contributed by atoms with E-state index in [1.165, 1.54) is 36.0 Å². The van der Waals surface area contributed by atoms with E-state index >= 15 is 0 Å². The van der Waals surface area contributed by atoms with Crippen molar-refractivity contribution in [2.24, 2.45) is 0 Å². The Hall–Kier alpha value is -2.53. The molecular weight excluding hydrogens is 340 g/mol. The van der Waals surface area contributed by atoms with Gasteiger partial charge in [0.1, 0.15) is 5.82 Å². The Bertz CT molecular complexity index is 806. The molecule has 2 nitrogen and oxygen atoms in total. The average Bonchev–Trinajstić information content (AvgIpc) is 2.72. The number of hydrogen-bond acceptors (Lipinski definition) is 2. The van der Waals surface area contributed by atoms with E-state index in [0.717, 1.165) is 35.6 Å². The Kier molecular flexibility index (Phi) is 10.1. The van der Waals surface area contributed by atoms with Gasteiger partial charge in [0.2, 0.25) is 0 Å². The van der Waals surface area contributed by atoms with E-state index in [1.807, 2.05) is 52.9 Å². The molecule has 0 saturated carbocycles. The van der Waals surface area contributed by atoms with Crippen molar-refractivity contribution in [2.45, 2.75) is 60.8 Å². The summed E-state index contributed by atoms with van der Waals surface area (Å²) in [5.74, 6) is 3.79. The number of rotatable bonds is 2. The zero-order valence-electron chi connectivity index (χ0n) is 18.6. The molecule has 150 valence electrons. The molecule has 0 atom stereocenters. The van der Waals surface area contributed by atoms with Gasteiger partial charge in [0, 0.05) is 24.8 Å². The van der Waals surface area contributed by atoms with Crippen LogP contribution in [0.1, 0.15) is 67.9 Å². The molecule has 0 amide bonds. The van der Waals surface area contributed by atoms with E-state index in [2.05, 4.69) is 41.4 Å². The van der Waals surface area contributed by atoms with Gasteiger partial charge in [0.15, 0.2) is 0 Å². The molecule has 0 N–H and O–H groups in total. The maximum absolute atomic E-state index is 5.27. The van der Waals surface area contributed by atoms with Gasteiger partial charge in [0.05, 0.1) is 0 Å². The van der Waals surface area contributed by atoms with Gasteiger partial charge in [-0.05, 0) is 86.9 Å². The second-order valence-corrected chi connectivity index (χ2v) is 7.16. The largest absolute Gasteiger partial charge is 0.356 e. The summed E-state index contributed by atoms with van der Waals surface area (Å²) in [5, 5.41) is 0. The molecule has 0 bridgehead atoms. The molecule has 2 heteroatoms. The fourth-order valence-electron chi connectivity index (χ4n) is 3.13. The van der Waals surface area contributed by atoms with Crippen LogP contribution in [0.4, 0.5) is 5.82 Å². The third-order valence-electron chi connectivity index (χ3n) is 4.75. The van der Waals surface area contributed by atoms with Crippen molar-refractivity contribution >= 4 is 11.4 Å². The van der Waals surface area contributed by atoms with Gasteiger partial charge >= 0.3 is 0 Å². The molecule has 28 heavy (non-hydrogen) atoms. The van der Waals surface area contributed by atoms with Gasteiger partial charge < -0.3 is 4.90 Å². The fourth-order valence-corrected chi connectivity index (χ4v) is 3.13. The Morgan fingerprint density at radius 3 is 2.18 bits per heavy atom. The third kappa shape index (κ3) is 6.89. The van der Waals surface area contributed by atoms with Crippen LogP contribution in [0.25, 0.3) is 5.57 Å². The molecule has 1 saturated heterocycles. The molecule has 0 spiro atoms. The second-order valence-electron chi connectivity index (χ2n) is 7.16. The number of nitrogens with zero attached hydrogens (tertiary/aromatic N) is 2. The molecule has 1 aliphatic rings. The van der Waals surface area contributed by atoms with Gasteiger partial charge in [-0.25, -0.2) is 4.98 Å². The first-order valence-corrected chi connectivity index (χ1v) is 10.3. The molecule has 1 fully saturated rings. The zero-order chi connectivity index (χ0) is 21.1. The van der Waals surface area contributed by atoms with Gasteiger partial charge in [-0.1, -0.05) is 38.5 Å². The molecule has 1 aromatic carbocycles. The first-order valence-electron chi connectivity index (χ1n) is 10.3. The summed E-state index contributed by atoms with van der Waals surface area (Å²) in [6.45, 7) is 18.5. The molecule has 0 aliphatic carbocycles. The van der Waals surface area contributed by atoms with E-state index < -0.39 is 0 Å². The molecule has 0 unspecified atom stereocenters. The highest BCUT2D eigenvalue weighted by Gasteiger charge is 2.14. The standard InChI is InChI=1S/C14H20N2.C10H10.C2H6/c1-11(2)13-9-12(3)14(15-10-13)16-7-5-4-6-8-16;1-4-10-7-8(2)5-6-9(10)3;1-2/h9-10H,1,4-8H2,2-3H3;1,5-7H,2-3H3;1-2H3. The quantitative estimate of drug-likeness (QED) is 0.541. The molecular formula is C26H36N2. The first-order chi connectivity index (χ1) is 13.4. The summed E-state index contributed by atoms with van der Waals surface area (Å²) in [7, 11) is 0. The second kappa shape index (κ2) is 12.0. The number of terminal acetylenes is 1.